The molecule has 2 rings (SSSR count). The van der Waals surface area contributed by atoms with Gasteiger partial charge in [0, 0.05) is 11.5 Å². The molecule has 0 unspecified atom stereocenters. The van der Waals surface area contributed by atoms with Crippen molar-refractivity contribution in [2.45, 2.75) is 19.0 Å². The molecule has 0 aromatic heterocycles. The quantitative estimate of drug-likeness (QED) is 0.487. The number of methoxy groups -OCH3 is 1. The number of nitrogens with zero attached hydrogens (tertiary/aromatic N) is 1. The number of ether oxygens (including phenoxy) is 1. The lowest BCUT2D eigenvalue weighted by atomic mass is 9.99. The highest BCUT2D eigenvalue weighted by atomic mass is 19.4. The highest BCUT2D eigenvalue weighted by Gasteiger charge is 2.35. The van der Waals surface area contributed by atoms with Crippen LogP contribution in [0, 0.1) is 5.92 Å². The zero-order chi connectivity index (χ0) is 15.6. The minimum absolute atomic E-state index is 0.0685. The first-order valence-corrected chi connectivity index (χ1v) is 6.29. The molecule has 0 saturated heterocycles. The van der Waals surface area contributed by atoms with Gasteiger partial charge in [-0.15, -0.1) is 0 Å². The first-order valence-electron chi connectivity index (χ1n) is 6.29. The summed E-state index contributed by atoms with van der Waals surface area (Å²) in [5, 5.41) is 3.80. The van der Waals surface area contributed by atoms with Crippen LogP contribution in [0.3, 0.4) is 0 Å². The molecule has 0 heterocycles. The summed E-state index contributed by atoms with van der Waals surface area (Å²) in [4.78, 5) is 16.3. The number of oxime groups is 1. The van der Waals surface area contributed by atoms with Crippen LogP contribution in [0.5, 0.6) is 0 Å². The Morgan fingerprint density at radius 1 is 1.19 bits per heavy atom. The molecule has 0 amide bonds. The van der Waals surface area contributed by atoms with Crippen molar-refractivity contribution < 1.29 is 27.5 Å². The van der Waals surface area contributed by atoms with Crippen LogP contribution in [0.25, 0.3) is 0 Å². The number of carbonyl (C=O) groups excluding carboxylic acids is 1. The molecule has 0 radical (unpaired) electrons. The predicted octanol–water partition coefficient (Wildman–Crippen LogP) is 3.25. The number of hydrogen-bond donors (Lipinski definition) is 0. The molecule has 4 nitrogen and oxygen atoms in total. The van der Waals surface area contributed by atoms with Crippen LogP contribution in [0.1, 0.15) is 34.3 Å². The smallest absolute Gasteiger partial charge is 0.416 e. The maximum absolute atomic E-state index is 13.0. The first-order chi connectivity index (χ1) is 9.86. The number of carbonyl (C=O) groups is 1. The second-order valence-electron chi connectivity index (χ2n) is 4.72. The van der Waals surface area contributed by atoms with E-state index in [0.29, 0.717) is 5.71 Å². The average Bonchev–Trinajstić information content (AvgIpc) is 3.26. The van der Waals surface area contributed by atoms with E-state index in [2.05, 4.69) is 9.89 Å². The van der Waals surface area contributed by atoms with Crippen LogP contribution in [0.4, 0.5) is 13.2 Å². The fourth-order valence-electron chi connectivity index (χ4n) is 1.99. The van der Waals surface area contributed by atoms with Crippen LogP contribution >= 0.6 is 0 Å². The van der Waals surface area contributed by atoms with Gasteiger partial charge in [-0.1, -0.05) is 5.16 Å². The summed E-state index contributed by atoms with van der Waals surface area (Å²) in [5.74, 6) is -0.756. The van der Waals surface area contributed by atoms with Gasteiger partial charge in [-0.2, -0.15) is 13.2 Å². The molecule has 0 aliphatic heterocycles. The van der Waals surface area contributed by atoms with Crippen LogP contribution in [-0.4, -0.2) is 25.9 Å². The number of rotatable bonds is 4. The third-order valence-electron chi connectivity index (χ3n) is 3.13. The third kappa shape index (κ3) is 3.53. The first kappa shape index (κ1) is 15.3. The summed E-state index contributed by atoms with van der Waals surface area (Å²) in [6.45, 7) is 0. The SMILES string of the molecule is CO/N=C(\c1cc(C(=O)OC)cc(C(F)(F)F)c1)C1CC1. The zero-order valence-electron chi connectivity index (χ0n) is 11.5. The summed E-state index contributed by atoms with van der Waals surface area (Å²) in [7, 11) is 2.45. The summed E-state index contributed by atoms with van der Waals surface area (Å²) >= 11 is 0. The van der Waals surface area contributed by atoms with Gasteiger partial charge in [0.1, 0.15) is 7.11 Å². The minimum atomic E-state index is -4.56. The van der Waals surface area contributed by atoms with Crippen molar-refractivity contribution in [2.24, 2.45) is 11.1 Å². The molecule has 0 bridgehead atoms. The van der Waals surface area contributed by atoms with E-state index in [1.54, 1.807) is 0 Å². The Morgan fingerprint density at radius 3 is 2.29 bits per heavy atom. The van der Waals surface area contributed by atoms with E-state index in [0.717, 1.165) is 32.1 Å². The second kappa shape index (κ2) is 5.75. The van der Waals surface area contributed by atoms with E-state index in [9.17, 15) is 18.0 Å². The van der Waals surface area contributed by atoms with Crippen LogP contribution < -0.4 is 0 Å². The molecule has 0 atom stereocenters. The molecule has 114 valence electrons. The predicted molar refractivity (Wildman–Crippen MR) is 69.1 cm³/mol. The van der Waals surface area contributed by atoms with Crippen LogP contribution in [0.2, 0.25) is 0 Å². The number of esters is 1. The van der Waals surface area contributed by atoms with Gasteiger partial charge in [0.2, 0.25) is 0 Å². The number of benzene rings is 1. The van der Waals surface area contributed by atoms with Gasteiger partial charge in [-0.05, 0) is 31.0 Å². The van der Waals surface area contributed by atoms with Gasteiger partial charge in [0.05, 0.1) is 23.9 Å². The van der Waals surface area contributed by atoms with E-state index >= 15 is 0 Å². The molecule has 0 N–H and O–H groups in total. The average molecular weight is 301 g/mol. The molecule has 1 aromatic carbocycles. The topological polar surface area (TPSA) is 47.9 Å². The van der Waals surface area contributed by atoms with Crippen molar-refractivity contribution in [3.05, 3.63) is 34.9 Å². The van der Waals surface area contributed by atoms with Crippen molar-refractivity contribution in [3.8, 4) is 0 Å². The largest absolute Gasteiger partial charge is 0.465 e. The molecule has 1 aromatic rings. The maximum Gasteiger partial charge on any atom is 0.416 e. The van der Waals surface area contributed by atoms with Crippen molar-refractivity contribution in [1.82, 2.24) is 0 Å². The highest BCUT2D eigenvalue weighted by molar-refractivity contribution is 6.05. The van der Waals surface area contributed by atoms with Gasteiger partial charge >= 0.3 is 12.1 Å². The molecule has 1 aliphatic rings. The van der Waals surface area contributed by atoms with E-state index in [1.807, 2.05) is 0 Å². The molecule has 1 aliphatic carbocycles. The lowest BCUT2D eigenvalue weighted by Crippen LogP contribution is -2.13. The molecular weight excluding hydrogens is 287 g/mol. The molecule has 1 fully saturated rings. The van der Waals surface area contributed by atoms with E-state index < -0.39 is 17.7 Å². The highest BCUT2D eigenvalue weighted by Crippen LogP contribution is 2.36. The number of alkyl halides is 3. The van der Waals surface area contributed by atoms with E-state index in [1.165, 1.54) is 13.2 Å². The fraction of sp³-hybridized carbons (Fsp3) is 0.429. The number of hydrogen-bond acceptors (Lipinski definition) is 4. The van der Waals surface area contributed by atoms with Crippen molar-refractivity contribution in [2.75, 3.05) is 14.2 Å². The summed E-state index contributed by atoms with van der Waals surface area (Å²) in [6.07, 6.45) is -2.88. The van der Waals surface area contributed by atoms with Gasteiger partial charge in [0.25, 0.3) is 0 Å². The van der Waals surface area contributed by atoms with Gasteiger partial charge in [-0.3, -0.25) is 0 Å². The lowest BCUT2D eigenvalue weighted by molar-refractivity contribution is -0.137. The minimum Gasteiger partial charge on any atom is -0.465 e. The van der Waals surface area contributed by atoms with Crippen LogP contribution in [-0.2, 0) is 15.8 Å². The van der Waals surface area contributed by atoms with Crippen molar-refractivity contribution in [3.63, 3.8) is 0 Å². The second-order valence-corrected chi connectivity index (χ2v) is 4.72. The van der Waals surface area contributed by atoms with Gasteiger partial charge in [-0.25, -0.2) is 4.79 Å². The Bertz CT molecular complexity index is 577. The summed E-state index contributed by atoms with van der Waals surface area (Å²) in [6, 6.07) is 3.09. The van der Waals surface area contributed by atoms with Crippen molar-refractivity contribution in [1.29, 1.82) is 0 Å². The Labute approximate surface area is 119 Å². The Hall–Kier alpha value is -2.05. The van der Waals surface area contributed by atoms with Gasteiger partial charge < -0.3 is 9.57 Å². The van der Waals surface area contributed by atoms with E-state index in [4.69, 9.17) is 4.84 Å². The molecule has 0 spiro atoms. The monoisotopic (exact) mass is 301 g/mol. The maximum atomic E-state index is 13.0. The molecule has 1 saturated carbocycles. The summed E-state index contributed by atoms with van der Waals surface area (Å²) in [5.41, 5.74) is -0.417. The fourth-order valence-corrected chi connectivity index (χ4v) is 1.99. The zero-order valence-corrected chi connectivity index (χ0v) is 11.5. The molecule has 21 heavy (non-hydrogen) atoms. The van der Waals surface area contributed by atoms with E-state index in [-0.39, 0.29) is 17.0 Å². The summed E-state index contributed by atoms with van der Waals surface area (Å²) < 4.78 is 43.4. The third-order valence-corrected chi connectivity index (χ3v) is 3.13. The number of halogens is 3. The molecular formula is C14H14F3NO3. The normalized spacial score (nSPS) is 15.8. The van der Waals surface area contributed by atoms with Crippen LogP contribution in [0.15, 0.2) is 23.4 Å². The molecule has 7 heteroatoms. The van der Waals surface area contributed by atoms with Gasteiger partial charge in [0.15, 0.2) is 0 Å². The standard InChI is InChI=1S/C14H14F3NO3/c1-20-13(19)10-5-9(6-11(7-10)14(15,16)17)12(18-21-2)8-3-4-8/h5-8H,3-4H2,1-2H3/b18-12-. The Kier molecular flexibility index (Phi) is 4.20. The Balaban J connectivity index is 2.54. The van der Waals surface area contributed by atoms with Crippen molar-refractivity contribution >= 4 is 11.7 Å². The Morgan fingerprint density at radius 2 is 1.81 bits per heavy atom. The lowest BCUT2D eigenvalue weighted by Gasteiger charge is -2.12.